The van der Waals surface area contributed by atoms with Crippen LogP contribution in [0.2, 0.25) is 0 Å². The second-order valence-corrected chi connectivity index (χ2v) is 5.12. The van der Waals surface area contributed by atoms with Crippen LogP contribution in [-0.4, -0.2) is 29.8 Å². The summed E-state index contributed by atoms with van der Waals surface area (Å²) >= 11 is 4.51. The molecule has 0 heterocycles. The van der Waals surface area contributed by atoms with Gasteiger partial charge in [0.1, 0.15) is 0 Å². The van der Waals surface area contributed by atoms with Gasteiger partial charge in [-0.05, 0) is 43.4 Å². The molecule has 0 spiro atoms. The average Bonchev–Trinajstić information content (AvgIpc) is 2.87. The number of rotatable bonds is 5. The first kappa shape index (κ1) is 9.85. The van der Waals surface area contributed by atoms with E-state index in [1.54, 1.807) is 0 Å². The minimum Gasteiger partial charge on any atom is -0.300 e. The van der Waals surface area contributed by atoms with Crippen LogP contribution in [-0.2, 0) is 0 Å². The van der Waals surface area contributed by atoms with Gasteiger partial charge >= 0.3 is 0 Å². The molecule has 0 atom stereocenters. The van der Waals surface area contributed by atoms with Crippen molar-refractivity contribution in [3.63, 3.8) is 0 Å². The predicted octanol–water partition coefficient (Wildman–Crippen LogP) is 2.57. The summed E-state index contributed by atoms with van der Waals surface area (Å²) in [4.78, 5) is 2.68. The lowest BCUT2D eigenvalue weighted by Gasteiger charge is -2.44. The summed E-state index contributed by atoms with van der Waals surface area (Å²) in [6.45, 7) is 4.85. The highest BCUT2D eigenvalue weighted by atomic mass is 32.1. The summed E-state index contributed by atoms with van der Waals surface area (Å²) in [6, 6.07) is 0.933. The maximum Gasteiger partial charge on any atom is 0.00965 e. The van der Waals surface area contributed by atoms with Crippen molar-refractivity contribution in [2.75, 3.05) is 18.8 Å². The first-order valence-electron chi connectivity index (χ1n) is 5.64. The summed E-state index contributed by atoms with van der Waals surface area (Å²) in [5.74, 6) is 1.09. The van der Waals surface area contributed by atoms with E-state index in [0.717, 1.165) is 11.8 Å². The number of thiol groups is 1. The molecule has 76 valence electrons. The van der Waals surface area contributed by atoms with Gasteiger partial charge in [-0.3, -0.25) is 0 Å². The highest BCUT2D eigenvalue weighted by Gasteiger charge is 2.40. The molecule has 0 aromatic heterocycles. The highest BCUT2D eigenvalue weighted by Crippen LogP contribution is 2.44. The van der Waals surface area contributed by atoms with Crippen molar-refractivity contribution in [1.82, 2.24) is 4.90 Å². The van der Waals surface area contributed by atoms with Gasteiger partial charge in [0.2, 0.25) is 0 Å². The van der Waals surface area contributed by atoms with E-state index in [4.69, 9.17) is 0 Å². The molecule has 0 saturated heterocycles. The molecule has 1 nitrogen and oxygen atoms in total. The van der Waals surface area contributed by atoms with Gasteiger partial charge in [-0.25, -0.2) is 0 Å². The zero-order valence-electron chi connectivity index (χ0n) is 8.63. The molecule has 2 aliphatic carbocycles. The van der Waals surface area contributed by atoms with Gasteiger partial charge in [0.05, 0.1) is 0 Å². The van der Waals surface area contributed by atoms with E-state index in [2.05, 4.69) is 24.5 Å². The molecule has 2 rings (SSSR count). The van der Waals surface area contributed by atoms with Gasteiger partial charge < -0.3 is 4.90 Å². The fraction of sp³-hybridized carbons (Fsp3) is 1.00. The summed E-state index contributed by atoms with van der Waals surface area (Å²) in [6.07, 6.45) is 7.15. The van der Waals surface area contributed by atoms with Crippen molar-refractivity contribution in [2.24, 2.45) is 5.41 Å². The average molecular weight is 199 g/mol. The second-order valence-electron chi connectivity index (χ2n) is 4.81. The van der Waals surface area contributed by atoms with Crippen LogP contribution >= 0.6 is 12.6 Å². The minimum absolute atomic E-state index is 0.599. The van der Waals surface area contributed by atoms with Gasteiger partial charge in [-0.15, -0.1) is 0 Å². The molecular formula is C11H21NS. The molecule has 0 aliphatic heterocycles. The normalized spacial score (nSPS) is 26.1. The van der Waals surface area contributed by atoms with Crippen LogP contribution in [0, 0.1) is 5.41 Å². The van der Waals surface area contributed by atoms with Crippen LogP contribution in [0.4, 0.5) is 0 Å². The van der Waals surface area contributed by atoms with E-state index in [-0.39, 0.29) is 0 Å². The van der Waals surface area contributed by atoms with Gasteiger partial charge in [0, 0.05) is 12.6 Å². The molecule has 13 heavy (non-hydrogen) atoms. The Morgan fingerprint density at radius 3 is 2.38 bits per heavy atom. The van der Waals surface area contributed by atoms with Crippen LogP contribution < -0.4 is 0 Å². The van der Waals surface area contributed by atoms with Crippen LogP contribution in [0.1, 0.15) is 39.0 Å². The third-order valence-corrected chi connectivity index (χ3v) is 4.43. The van der Waals surface area contributed by atoms with Crippen molar-refractivity contribution in [1.29, 1.82) is 0 Å². The molecule has 0 aromatic rings. The van der Waals surface area contributed by atoms with E-state index in [9.17, 15) is 0 Å². The Morgan fingerprint density at radius 1 is 1.38 bits per heavy atom. The van der Waals surface area contributed by atoms with Crippen molar-refractivity contribution in [3.05, 3.63) is 0 Å². The summed E-state index contributed by atoms with van der Waals surface area (Å²) in [7, 11) is 0. The number of nitrogens with zero attached hydrogens (tertiary/aromatic N) is 1. The summed E-state index contributed by atoms with van der Waals surface area (Å²) in [5, 5.41) is 0. The fourth-order valence-electron chi connectivity index (χ4n) is 2.41. The first-order valence-corrected chi connectivity index (χ1v) is 6.28. The lowest BCUT2D eigenvalue weighted by molar-refractivity contribution is 0.0889. The third-order valence-electron chi connectivity index (χ3n) is 3.76. The van der Waals surface area contributed by atoms with Crippen LogP contribution in [0.3, 0.4) is 0 Å². The predicted molar refractivity (Wildman–Crippen MR) is 60.4 cm³/mol. The molecule has 0 amide bonds. The SMILES string of the molecule is CCN(CC1(CS)CCC1)C1CC1. The lowest BCUT2D eigenvalue weighted by atomic mass is 9.70. The number of hydrogen-bond acceptors (Lipinski definition) is 2. The Morgan fingerprint density at radius 2 is 2.08 bits per heavy atom. The molecule has 0 bridgehead atoms. The third kappa shape index (κ3) is 2.04. The fourth-order valence-corrected chi connectivity index (χ4v) is 2.83. The van der Waals surface area contributed by atoms with Crippen molar-refractivity contribution in [2.45, 2.75) is 45.1 Å². The monoisotopic (exact) mass is 199 g/mol. The Kier molecular flexibility index (Phi) is 2.89. The maximum atomic E-state index is 4.51. The molecule has 2 aliphatic rings. The standard InChI is InChI=1S/C11H21NS/c1-2-12(10-4-5-10)8-11(9-13)6-3-7-11/h10,13H,2-9H2,1H3. The number of hydrogen-bond donors (Lipinski definition) is 1. The Bertz CT molecular complexity index is 167. The molecule has 2 saturated carbocycles. The molecule has 0 N–H and O–H groups in total. The van der Waals surface area contributed by atoms with Crippen molar-refractivity contribution in [3.8, 4) is 0 Å². The highest BCUT2D eigenvalue weighted by molar-refractivity contribution is 7.80. The van der Waals surface area contributed by atoms with Crippen molar-refractivity contribution >= 4 is 12.6 Å². The second kappa shape index (κ2) is 3.82. The van der Waals surface area contributed by atoms with Gasteiger partial charge in [-0.2, -0.15) is 12.6 Å². The van der Waals surface area contributed by atoms with E-state index in [0.29, 0.717) is 5.41 Å². The Hall–Kier alpha value is 0.310. The molecule has 0 radical (unpaired) electrons. The largest absolute Gasteiger partial charge is 0.300 e. The van der Waals surface area contributed by atoms with Crippen LogP contribution in [0.5, 0.6) is 0 Å². The van der Waals surface area contributed by atoms with Crippen molar-refractivity contribution < 1.29 is 0 Å². The van der Waals surface area contributed by atoms with E-state index in [1.807, 2.05) is 0 Å². The Balaban J connectivity index is 1.86. The van der Waals surface area contributed by atoms with Gasteiger partial charge in [0.15, 0.2) is 0 Å². The van der Waals surface area contributed by atoms with E-state index >= 15 is 0 Å². The van der Waals surface area contributed by atoms with E-state index < -0.39 is 0 Å². The maximum absolute atomic E-state index is 4.51. The topological polar surface area (TPSA) is 3.24 Å². The molecule has 0 unspecified atom stereocenters. The smallest absolute Gasteiger partial charge is 0.00965 e. The van der Waals surface area contributed by atoms with E-state index in [1.165, 1.54) is 45.2 Å². The molecule has 2 heteroatoms. The minimum atomic E-state index is 0.599. The molecule has 2 fully saturated rings. The Labute approximate surface area is 87.3 Å². The molecular weight excluding hydrogens is 178 g/mol. The summed E-state index contributed by atoms with van der Waals surface area (Å²) in [5.41, 5.74) is 0.599. The van der Waals surface area contributed by atoms with Crippen LogP contribution in [0.15, 0.2) is 0 Å². The zero-order valence-corrected chi connectivity index (χ0v) is 9.52. The van der Waals surface area contributed by atoms with Gasteiger partial charge in [0.25, 0.3) is 0 Å². The first-order chi connectivity index (χ1) is 6.29. The molecule has 0 aromatic carbocycles. The lowest BCUT2D eigenvalue weighted by Crippen LogP contribution is -2.44. The summed E-state index contributed by atoms with van der Waals surface area (Å²) < 4.78 is 0. The van der Waals surface area contributed by atoms with Gasteiger partial charge in [-0.1, -0.05) is 13.3 Å². The van der Waals surface area contributed by atoms with Crippen LogP contribution in [0.25, 0.3) is 0 Å². The quantitative estimate of drug-likeness (QED) is 0.666. The zero-order chi connectivity index (χ0) is 9.31.